The number of nitrogens with zero attached hydrogens (tertiary/aromatic N) is 2. The van der Waals surface area contributed by atoms with Crippen molar-refractivity contribution in [2.24, 2.45) is 5.92 Å². The van der Waals surface area contributed by atoms with Gasteiger partial charge in [-0.1, -0.05) is 30.3 Å². The van der Waals surface area contributed by atoms with E-state index in [4.69, 9.17) is 0 Å². The smallest absolute Gasteiger partial charge is 0.291 e. The van der Waals surface area contributed by atoms with Crippen LogP contribution in [0.4, 0.5) is 0 Å². The zero-order chi connectivity index (χ0) is 17.1. The molecule has 1 amide bonds. The van der Waals surface area contributed by atoms with E-state index < -0.39 is 23.7 Å². The molecule has 1 aliphatic rings. The van der Waals surface area contributed by atoms with Crippen molar-refractivity contribution in [1.29, 1.82) is 0 Å². The van der Waals surface area contributed by atoms with E-state index in [1.165, 1.54) is 11.8 Å². The summed E-state index contributed by atoms with van der Waals surface area (Å²) in [7, 11) is 0. The van der Waals surface area contributed by atoms with Crippen LogP contribution in [0.2, 0.25) is 0 Å². The van der Waals surface area contributed by atoms with Crippen molar-refractivity contribution >= 4 is 17.5 Å². The van der Waals surface area contributed by atoms with Crippen LogP contribution >= 0.6 is 0 Å². The second-order valence-electron chi connectivity index (χ2n) is 5.91. The quantitative estimate of drug-likeness (QED) is 0.623. The van der Waals surface area contributed by atoms with Crippen molar-refractivity contribution < 1.29 is 14.4 Å². The molecule has 0 radical (unpaired) electrons. The van der Waals surface area contributed by atoms with Gasteiger partial charge < -0.3 is 4.90 Å². The first-order valence-corrected chi connectivity index (χ1v) is 7.88. The number of aromatic nitrogens is 1. The molecule has 1 aromatic heterocycles. The third-order valence-corrected chi connectivity index (χ3v) is 4.38. The molecule has 0 N–H and O–H groups in total. The number of pyridine rings is 1. The molecule has 122 valence electrons. The minimum Gasteiger partial charge on any atom is -0.328 e. The molecule has 0 bridgehead atoms. The Bertz CT molecular complexity index is 759. The van der Waals surface area contributed by atoms with E-state index in [0.29, 0.717) is 13.0 Å². The Morgan fingerprint density at radius 1 is 1.08 bits per heavy atom. The maximum atomic E-state index is 12.4. The lowest BCUT2D eigenvalue weighted by molar-refractivity contribution is -0.142. The third-order valence-electron chi connectivity index (χ3n) is 4.38. The lowest BCUT2D eigenvalue weighted by Crippen LogP contribution is -2.32. The van der Waals surface area contributed by atoms with Crippen LogP contribution in [0.3, 0.4) is 0 Å². The molecule has 1 fully saturated rings. The van der Waals surface area contributed by atoms with Crippen LogP contribution in [-0.2, 0) is 20.8 Å². The molecule has 1 aromatic carbocycles. The molecule has 1 saturated heterocycles. The molecule has 3 rings (SSSR count). The molecule has 0 aliphatic carbocycles. The first kappa shape index (κ1) is 16.1. The molecule has 0 spiro atoms. The number of benzene rings is 1. The summed E-state index contributed by atoms with van der Waals surface area (Å²) in [5.74, 6) is -2.40. The zero-order valence-corrected chi connectivity index (χ0v) is 13.4. The predicted molar refractivity (Wildman–Crippen MR) is 88.0 cm³/mol. The van der Waals surface area contributed by atoms with Crippen molar-refractivity contribution in [2.75, 3.05) is 6.54 Å². The highest BCUT2D eigenvalue weighted by Gasteiger charge is 2.49. The highest BCUT2D eigenvalue weighted by Crippen LogP contribution is 2.36. The summed E-state index contributed by atoms with van der Waals surface area (Å²) in [6.45, 7) is 1.76. The largest absolute Gasteiger partial charge is 0.328 e. The van der Waals surface area contributed by atoms with Crippen molar-refractivity contribution in [1.82, 2.24) is 9.88 Å². The van der Waals surface area contributed by atoms with Crippen molar-refractivity contribution in [3.8, 4) is 0 Å². The third kappa shape index (κ3) is 2.97. The minimum absolute atomic E-state index is 0.280. The van der Waals surface area contributed by atoms with Crippen LogP contribution in [0.5, 0.6) is 0 Å². The van der Waals surface area contributed by atoms with Crippen LogP contribution in [0.25, 0.3) is 0 Å². The van der Waals surface area contributed by atoms with Gasteiger partial charge in [0.05, 0.1) is 6.04 Å². The number of ketones is 2. The molecule has 5 nitrogen and oxygen atoms in total. The predicted octanol–water partition coefficient (Wildman–Crippen LogP) is 1.98. The standard InChI is InChI=1S/C19H18N2O3/c1-13(22)16-17(15-7-10-20-11-8-15)21(19(24)18(16)23)12-9-14-5-3-2-4-6-14/h2-8,10-11,16-17H,9,12H2,1H3. The van der Waals surface area contributed by atoms with Crippen LogP contribution in [0, 0.1) is 5.92 Å². The van der Waals surface area contributed by atoms with Gasteiger partial charge in [0, 0.05) is 18.9 Å². The number of hydrogen-bond acceptors (Lipinski definition) is 4. The monoisotopic (exact) mass is 322 g/mol. The van der Waals surface area contributed by atoms with Gasteiger partial charge in [-0.15, -0.1) is 0 Å². The summed E-state index contributed by atoms with van der Waals surface area (Å²) >= 11 is 0. The average molecular weight is 322 g/mol. The van der Waals surface area contributed by atoms with E-state index in [1.807, 2.05) is 30.3 Å². The van der Waals surface area contributed by atoms with Gasteiger partial charge in [0.1, 0.15) is 11.7 Å². The van der Waals surface area contributed by atoms with Crippen molar-refractivity contribution in [3.63, 3.8) is 0 Å². The van der Waals surface area contributed by atoms with Gasteiger partial charge in [-0.3, -0.25) is 19.4 Å². The Morgan fingerprint density at radius 2 is 1.75 bits per heavy atom. The van der Waals surface area contributed by atoms with Crippen LogP contribution < -0.4 is 0 Å². The number of carbonyl (C=O) groups is 3. The highest BCUT2D eigenvalue weighted by atomic mass is 16.2. The van der Waals surface area contributed by atoms with Crippen LogP contribution in [0.15, 0.2) is 54.9 Å². The normalized spacial score (nSPS) is 20.5. The van der Waals surface area contributed by atoms with Crippen molar-refractivity contribution in [3.05, 3.63) is 66.0 Å². The second-order valence-corrected chi connectivity index (χ2v) is 5.91. The number of likely N-dealkylation sites (tertiary alicyclic amines) is 1. The van der Waals surface area contributed by atoms with E-state index in [2.05, 4.69) is 4.98 Å². The van der Waals surface area contributed by atoms with E-state index in [0.717, 1.165) is 11.1 Å². The van der Waals surface area contributed by atoms with Gasteiger partial charge in [0.2, 0.25) is 5.78 Å². The van der Waals surface area contributed by atoms with Gasteiger partial charge in [-0.25, -0.2) is 0 Å². The van der Waals surface area contributed by atoms with E-state index in [1.54, 1.807) is 24.5 Å². The number of Topliss-reactive ketones (excluding diaryl/α,β-unsaturated/α-hetero) is 2. The van der Waals surface area contributed by atoms with Gasteiger partial charge in [0.25, 0.3) is 5.91 Å². The van der Waals surface area contributed by atoms with Gasteiger partial charge >= 0.3 is 0 Å². The van der Waals surface area contributed by atoms with Gasteiger partial charge in [0.15, 0.2) is 0 Å². The SMILES string of the molecule is CC(=O)C1C(=O)C(=O)N(CCc2ccccc2)C1c1ccncc1. The van der Waals surface area contributed by atoms with E-state index >= 15 is 0 Å². The number of carbonyl (C=O) groups excluding carboxylic acids is 3. The topological polar surface area (TPSA) is 67.3 Å². The fourth-order valence-corrected chi connectivity index (χ4v) is 3.20. The number of rotatable bonds is 5. The van der Waals surface area contributed by atoms with E-state index in [9.17, 15) is 14.4 Å². The summed E-state index contributed by atoms with van der Waals surface area (Å²) in [6.07, 6.45) is 3.84. The van der Waals surface area contributed by atoms with Crippen LogP contribution in [0.1, 0.15) is 24.1 Å². The highest BCUT2D eigenvalue weighted by molar-refractivity contribution is 6.42. The number of hydrogen-bond donors (Lipinski definition) is 0. The Morgan fingerprint density at radius 3 is 2.38 bits per heavy atom. The summed E-state index contributed by atoms with van der Waals surface area (Å²) in [6, 6.07) is 12.7. The molecule has 2 heterocycles. The van der Waals surface area contributed by atoms with Gasteiger partial charge in [-0.05, 0) is 36.6 Å². The summed E-state index contributed by atoms with van der Waals surface area (Å²) < 4.78 is 0. The fraction of sp³-hybridized carbons (Fsp3) is 0.263. The Labute approximate surface area is 140 Å². The van der Waals surface area contributed by atoms with Crippen molar-refractivity contribution in [2.45, 2.75) is 19.4 Å². The summed E-state index contributed by atoms with van der Waals surface area (Å²) in [5.41, 5.74) is 1.84. The molecule has 5 heteroatoms. The lowest BCUT2D eigenvalue weighted by Gasteiger charge is -2.26. The Hall–Kier alpha value is -2.82. The number of amides is 1. The van der Waals surface area contributed by atoms with E-state index in [-0.39, 0.29) is 5.78 Å². The maximum absolute atomic E-state index is 12.4. The van der Waals surface area contributed by atoms with Gasteiger partial charge in [-0.2, -0.15) is 0 Å². The Kier molecular flexibility index (Phi) is 4.51. The first-order chi connectivity index (χ1) is 11.6. The first-order valence-electron chi connectivity index (χ1n) is 7.88. The molecular formula is C19H18N2O3. The molecular weight excluding hydrogens is 304 g/mol. The molecule has 0 saturated carbocycles. The minimum atomic E-state index is -0.935. The maximum Gasteiger partial charge on any atom is 0.291 e. The Balaban J connectivity index is 1.91. The fourth-order valence-electron chi connectivity index (χ4n) is 3.20. The molecule has 1 aliphatic heterocycles. The molecule has 2 unspecified atom stereocenters. The zero-order valence-electron chi connectivity index (χ0n) is 13.4. The lowest BCUT2D eigenvalue weighted by atomic mass is 9.90. The molecule has 24 heavy (non-hydrogen) atoms. The molecule has 2 aromatic rings. The average Bonchev–Trinajstić information content (AvgIpc) is 2.86. The van der Waals surface area contributed by atoms with Crippen LogP contribution in [-0.4, -0.2) is 33.9 Å². The summed E-state index contributed by atoms with van der Waals surface area (Å²) in [5, 5.41) is 0. The second kappa shape index (κ2) is 6.74. The summed E-state index contributed by atoms with van der Waals surface area (Å²) in [4.78, 5) is 42.2. The molecule has 2 atom stereocenters.